The third kappa shape index (κ3) is 4.27. The molecule has 0 aliphatic rings. The third-order valence-electron chi connectivity index (χ3n) is 3.38. The monoisotopic (exact) mass is 318 g/mol. The molecule has 2 unspecified atom stereocenters. The van der Waals surface area contributed by atoms with Gasteiger partial charge in [0.05, 0.1) is 10.0 Å². The van der Waals surface area contributed by atoms with Crippen LogP contribution in [0.3, 0.4) is 0 Å². The number of hydrogen-bond donors (Lipinski definition) is 3. The molecule has 0 aromatic heterocycles. The van der Waals surface area contributed by atoms with E-state index in [1.807, 2.05) is 13.8 Å². The second-order valence-corrected chi connectivity index (χ2v) is 5.55. The predicted molar refractivity (Wildman–Crippen MR) is 82.1 cm³/mol. The number of phenolic OH excluding ortho intramolecular Hbond substituents is 1. The van der Waals surface area contributed by atoms with Crippen molar-refractivity contribution in [2.24, 2.45) is 11.7 Å². The number of amides is 1. The van der Waals surface area contributed by atoms with Crippen molar-refractivity contribution in [1.82, 2.24) is 5.32 Å². The molecule has 1 aromatic carbocycles. The van der Waals surface area contributed by atoms with Crippen molar-refractivity contribution in [3.05, 3.63) is 27.7 Å². The largest absolute Gasteiger partial charge is 0.508 e. The Bertz CT molecular complexity index is 480. The molecular formula is C14H20Cl2N2O2. The molecule has 2 atom stereocenters. The van der Waals surface area contributed by atoms with Crippen LogP contribution in [0.25, 0.3) is 0 Å². The van der Waals surface area contributed by atoms with E-state index in [1.54, 1.807) is 6.07 Å². The van der Waals surface area contributed by atoms with Gasteiger partial charge in [0.25, 0.3) is 0 Å². The summed E-state index contributed by atoms with van der Waals surface area (Å²) in [7, 11) is 0. The molecule has 0 bridgehead atoms. The van der Waals surface area contributed by atoms with Crippen LogP contribution in [0.1, 0.15) is 38.3 Å². The van der Waals surface area contributed by atoms with E-state index in [4.69, 9.17) is 28.9 Å². The smallest absolute Gasteiger partial charge is 0.220 e. The topological polar surface area (TPSA) is 75.3 Å². The number of hydrogen-bond acceptors (Lipinski definition) is 3. The minimum Gasteiger partial charge on any atom is -0.508 e. The SMILES string of the molecule is CCC(CCNC(C)c1c(O)ccc(Cl)c1Cl)C(N)=O. The van der Waals surface area contributed by atoms with E-state index in [2.05, 4.69) is 5.32 Å². The molecule has 6 heteroatoms. The maximum absolute atomic E-state index is 11.1. The van der Waals surface area contributed by atoms with Gasteiger partial charge in [-0.2, -0.15) is 0 Å². The Balaban J connectivity index is 2.66. The third-order valence-corrected chi connectivity index (χ3v) is 4.20. The van der Waals surface area contributed by atoms with E-state index in [0.29, 0.717) is 35.0 Å². The zero-order valence-electron chi connectivity index (χ0n) is 11.6. The van der Waals surface area contributed by atoms with Gasteiger partial charge in [-0.1, -0.05) is 30.1 Å². The first-order valence-electron chi connectivity index (χ1n) is 6.58. The van der Waals surface area contributed by atoms with Gasteiger partial charge in [-0.3, -0.25) is 4.79 Å². The number of nitrogens with two attached hydrogens (primary N) is 1. The number of nitrogens with one attached hydrogen (secondary N) is 1. The summed E-state index contributed by atoms with van der Waals surface area (Å²) < 4.78 is 0. The van der Waals surface area contributed by atoms with Gasteiger partial charge in [0.2, 0.25) is 5.91 Å². The number of benzene rings is 1. The number of carbonyl (C=O) groups excluding carboxylic acids is 1. The molecule has 0 spiro atoms. The van der Waals surface area contributed by atoms with Crippen LogP contribution in [0.5, 0.6) is 5.75 Å². The summed E-state index contributed by atoms with van der Waals surface area (Å²) in [4.78, 5) is 11.1. The van der Waals surface area contributed by atoms with Gasteiger partial charge in [-0.15, -0.1) is 0 Å². The van der Waals surface area contributed by atoms with Crippen molar-refractivity contribution in [2.45, 2.75) is 32.7 Å². The van der Waals surface area contributed by atoms with E-state index < -0.39 is 0 Å². The first-order chi connectivity index (χ1) is 9.38. The van der Waals surface area contributed by atoms with Crippen molar-refractivity contribution in [3.63, 3.8) is 0 Å². The highest BCUT2D eigenvalue weighted by Gasteiger charge is 2.18. The molecule has 1 aromatic rings. The molecule has 0 aliphatic carbocycles. The fourth-order valence-electron chi connectivity index (χ4n) is 2.09. The molecule has 0 fully saturated rings. The van der Waals surface area contributed by atoms with Crippen LogP contribution in [0.2, 0.25) is 10.0 Å². The molecule has 1 amide bonds. The summed E-state index contributed by atoms with van der Waals surface area (Å²) in [6.45, 7) is 4.41. The number of primary amides is 1. The Kier molecular flexibility index (Phi) is 6.59. The maximum Gasteiger partial charge on any atom is 0.220 e. The molecule has 0 saturated heterocycles. The van der Waals surface area contributed by atoms with Gasteiger partial charge in [-0.05, 0) is 38.4 Å². The molecular weight excluding hydrogens is 299 g/mol. The summed E-state index contributed by atoms with van der Waals surface area (Å²) in [5.41, 5.74) is 5.86. The normalized spacial score (nSPS) is 14.0. The fraction of sp³-hybridized carbons (Fsp3) is 0.500. The summed E-state index contributed by atoms with van der Waals surface area (Å²) in [6, 6.07) is 2.89. The van der Waals surface area contributed by atoms with Crippen molar-refractivity contribution in [3.8, 4) is 5.75 Å². The van der Waals surface area contributed by atoms with Crippen molar-refractivity contribution in [2.75, 3.05) is 6.54 Å². The molecule has 0 saturated carbocycles. The Morgan fingerprint density at radius 3 is 2.65 bits per heavy atom. The Labute approximate surface area is 129 Å². The number of rotatable bonds is 7. The Morgan fingerprint density at radius 1 is 1.45 bits per heavy atom. The summed E-state index contributed by atoms with van der Waals surface area (Å²) in [5.74, 6) is -0.329. The van der Waals surface area contributed by atoms with Gasteiger partial charge in [0.15, 0.2) is 0 Å². The lowest BCUT2D eigenvalue weighted by atomic mass is 10.0. The molecule has 0 heterocycles. The van der Waals surface area contributed by atoms with Crippen LogP contribution in [-0.2, 0) is 4.79 Å². The fourth-order valence-corrected chi connectivity index (χ4v) is 2.58. The first-order valence-corrected chi connectivity index (χ1v) is 7.33. The zero-order valence-corrected chi connectivity index (χ0v) is 13.1. The molecule has 112 valence electrons. The van der Waals surface area contributed by atoms with Crippen LogP contribution in [0.15, 0.2) is 12.1 Å². The minimum absolute atomic E-state index is 0.0985. The number of aromatic hydroxyl groups is 1. The van der Waals surface area contributed by atoms with Crippen LogP contribution in [0.4, 0.5) is 0 Å². The van der Waals surface area contributed by atoms with Gasteiger partial charge in [0, 0.05) is 17.5 Å². The van der Waals surface area contributed by atoms with Crippen molar-refractivity contribution < 1.29 is 9.90 Å². The summed E-state index contributed by atoms with van der Waals surface area (Å²) in [6.07, 6.45) is 1.36. The Hall–Kier alpha value is -0.970. The van der Waals surface area contributed by atoms with Gasteiger partial charge in [0.1, 0.15) is 5.75 Å². The number of phenols is 1. The highest BCUT2D eigenvalue weighted by Crippen LogP contribution is 2.36. The van der Waals surface area contributed by atoms with Crippen LogP contribution < -0.4 is 11.1 Å². The van der Waals surface area contributed by atoms with Gasteiger partial charge >= 0.3 is 0 Å². The standard InChI is InChI=1S/C14H20Cl2N2O2/c1-3-9(14(17)20)6-7-18-8(2)12-11(19)5-4-10(15)13(12)16/h4-5,8-9,18-19H,3,6-7H2,1-2H3,(H2,17,20). The van der Waals surface area contributed by atoms with E-state index >= 15 is 0 Å². The first kappa shape index (κ1) is 17.1. The second-order valence-electron chi connectivity index (χ2n) is 4.77. The van der Waals surface area contributed by atoms with Crippen molar-refractivity contribution >= 4 is 29.1 Å². The average Bonchev–Trinajstić information content (AvgIpc) is 2.39. The predicted octanol–water partition coefficient (Wildman–Crippen LogP) is 3.25. The van der Waals surface area contributed by atoms with E-state index in [-0.39, 0.29) is 23.6 Å². The van der Waals surface area contributed by atoms with Gasteiger partial charge < -0.3 is 16.2 Å². The summed E-state index contributed by atoms with van der Waals surface area (Å²) in [5, 5.41) is 13.8. The highest BCUT2D eigenvalue weighted by atomic mass is 35.5. The quantitative estimate of drug-likeness (QED) is 0.722. The molecule has 0 aliphatic heterocycles. The Morgan fingerprint density at radius 2 is 2.10 bits per heavy atom. The molecule has 4 nitrogen and oxygen atoms in total. The lowest BCUT2D eigenvalue weighted by Crippen LogP contribution is -2.28. The lowest BCUT2D eigenvalue weighted by Gasteiger charge is -2.19. The molecule has 20 heavy (non-hydrogen) atoms. The lowest BCUT2D eigenvalue weighted by molar-refractivity contribution is -0.122. The van der Waals surface area contributed by atoms with Crippen LogP contribution in [-0.4, -0.2) is 17.6 Å². The van der Waals surface area contributed by atoms with E-state index in [0.717, 1.165) is 0 Å². The van der Waals surface area contributed by atoms with Crippen molar-refractivity contribution in [1.29, 1.82) is 0 Å². The van der Waals surface area contributed by atoms with Crippen LogP contribution >= 0.6 is 23.2 Å². The number of carbonyl (C=O) groups is 1. The van der Waals surface area contributed by atoms with E-state index in [1.165, 1.54) is 6.07 Å². The second kappa shape index (κ2) is 7.72. The van der Waals surface area contributed by atoms with Crippen LogP contribution in [0, 0.1) is 5.92 Å². The number of halogens is 2. The van der Waals surface area contributed by atoms with E-state index in [9.17, 15) is 9.90 Å². The molecule has 1 rings (SSSR count). The maximum atomic E-state index is 11.1. The minimum atomic E-state index is -0.286. The average molecular weight is 319 g/mol. The molecule has 0 radical (unpaired) electrons. The molecule has 4 N–H and O–H groups in total. The van der Waals surface area contributed by atoms with Gasteiger partial charge in [-0.25, -0.2) is 0 Å². The zero-order chi connectivity index (χ0) is 15.3. The summed E-state index contributed by atoms with van der Waals surface area (Å²) >= 11 is 12.1. The highest BCUT2D eigenvalue weighted by molar-refractivity contribution is 6.42.